The summed E-state index contributed by atoms with van der Waals surface area (Å²) in [4.78, 5) is 14.4. The molecule has 1 amide bonds. The van der Waals surface area contributed by atoms with Crippen LogP contribution in [0.3, 0.4) is 0 Å². The minimum atomic E-state index is -0.723. The summed E-state index contributed by atoms with van der Waals surface area (Å²) in [7, 11) is 0. The Balaban J connectivity index is 2.04. The summed E-state index contributed by atoms with van der Waals surface area (Å²) >= 11 is 0. The molecule has 1 heterocycles. The van der Waals surface area contributed by atoms with E-state index in [1.807, 2.05) is 53.7 Å². The Kier molecular flexibility index (Phi) is 5.64. The maximum absolute atomic E-state index is 12.7. The normalized spacial score (nSPS) is 22.9. The Labute approximate surface area is 150 Å². The van der Waals surface area contributed by atoms with Gasteiger partial charge in [-0.1, -0.05) is 12.1 Å². The van der Waals surface area contributed by atoms with Crippen molar-refractivity contribution in [3.63, 3.8) is 0 Å². The van der Waals surface area contributed by atoms with Gasteiger partial charge in [-0.2, -0.15) is 0 Å². The van der Waals surface area contributed by atoms with Crippen LogP contribution >= 0.6 is 0 Å². The molecule has 0 radical (unpaired) electrons. The van der Waals surface area contributed by atoms with Crippen LogP contribution in [0.5, 0.6) is 5.75 Å². The molecular formula is C19H30N2O4. The number of carbonyl (C=O) groups excluding carboxylic acids is 1. The van der Waals surface area contributed by atoms with Crippen molar-refractivity contribution in [3.8, 4) is 5.75 Å². The third-order valence-corrected chi connectivity index (χ3v) is 4.11. The van der Waals surface area contributed by atoms with Crippen LogP contribution in [0.1, 0.15) is 47.1 Å². The molecule has 1 aromatic carbocycles. The van der Waals surface area contributed by atoms with Gasteiger partial charge >= 0.3 is 6.09 Å². The number of carbonyl (C=O) groups is 1. The Hall–Kier alpha value is -1.79. The third kappa shape index (κ3) is 5.09. The smallest absolute Gasteiger partial charge is 0.412 e. The van der Waals surface area contributed by atoms with Crippen molar-refractivity contribution in [2.45, 2.75) is 71.6 Å². The van der Waals surface area contributed by atoms with E-state index in [2.05, 4.69) is 5.32 Å². The van der Waals surface area contributed by atoms with Crippen molar-refractivity contribution in [1.82, 2.24) is 10.2 Å². The van der Waals surface area contributed by atoms with Crippen LogP contribution in [0.15, 0.2) is 24.3 Å². The molecule has 2 N–H and O–H groups in total. The molecule has 2 atom stereocenters. The van der Waals surface area contributed by atoms with E-state index in [-0.39, 0.29) is 24.0 Å². The largest absolute Gasteiger partial charge is 0.508 e. The fourth-order valence-electron chi connectivity index (χ4n) is 3.15. The van der Waals surface area contributed by atoms with E-state index in [1.54, 1.807) is 17.0 Å². The Morgan fingerprint density at radius 3 is 2.68 bits per heavy atom. The summed E-state index contributed by atoms with van der Waals surface area (Å²) in [5.74, 6) is 0.244. The molecule has 0 spiro atoms. The molecule has 0 bridgehead atoms. The molecule has 0 aromatic heterocycles. The highest BCUT2D eigenvalue weighted by molar-refractivity contribution is 5.70. The first-order valence-electron chi connectivity index (χ1n) is 8.68. The fraction of sp³-hybridized carbons (Fsp3) is 0.632. The van der Waals surface area contributed by atoms with Gasteiger partial charge < -0.3 is 19.9 Å². The third-order valence-electron chi connectivity index (χ3n) is 4.11. The van der Waals surface area contributed by atoms with Crippen LogP contribution in [-0.4, -0.2) is 46.1 Å². The molecular weight excluding hydrogens is 320 g/mol. The summed E-state index contributed by atoms with van der Waals surface area (Å²) in [6, 6.07) is 6.98. The zero-order valence-corrected chi connectivity index (χ0v) is 16.0. The maximum atomic E-state index is 12.7. The van der Waals surface area contributed by atoms with Crippen molar-refractivity contribution in [1.29, 1.82) is 0 Å². The van der Waals surface area contributed by atoms with E-state index in [1.165, 1.54) is 0 Å². The van der Waals surface area contributed by atoms with E-state index >= 15 is 0 Å². The lowest BCUT2D eigenvalue weighted by Gasteiger charge is -2.35. The minimum Gasteiger partial charge on any atom is -0.508 e. The van der Waals surface area contributed by atoms with Crippen molar-refractivity contribution in [3.05, 3.63) is 29.8 Å². The summed E-state index contributed by atoms with van der Waals surface area (Å²) in [6.07, 6.45) is -0.481. The molecule has 1 saturated heterocycles. The van der Waals surface area contributed by atoms with Crippen molar-refractivity contribution < 1.29 is 19.4 Å². The summed E-state index contributed by atoms with van der Waals surface area (Å²) in [6.45, 7) is 12.5. The van der Waals surface area contributed by atoms with Gasteiger partial charge in [0.15, 0.2) is 0 Å². The second-order valence-electron chi connectivity index (χ2n) is 7.99. The number of hydrogen-bond acceptors (Lipinski definition) is 5. The van der Waals surface area contributed by atoms with Crippen LogP contribution in [0, 0.1) is 0 Å². The highest BCUT2D eigenvalue weighted by Crippen LogP contribution is 2.33. The van der Waals surface area contributed by atoms with E-state index in [4.69, 9.17) is 9.47 Å². The highest BCUT2D eigenvalue weighted by atomic mass is 16.6. The lowest BCUT2D eigenvalue weighted by molar-refractivity contribution is -0.0756. The van der Waals surface area contributed by atoms with Crippen LogP contribution in [0.25, 0.3) is 0 Å². The van der Waals surface area contributed by atoms with Gasteiger partial charge in [-0.25, -0.2) is 4.79 Å². The number of nitrogens with zero attached hydrogens (tertiary/aromatic N) is 1. The summed E-state index contributed by atoms with van der Waals surface area (Å²) in [5.41, 5.74) is -0.299. The Morgan fingerprint density at radius 2 is 2.08 bits per heavy atom. The number of phenols is 1. The van der Waals surface area contributed by atoms with Crippen LogP contribution < -0.4 is 5.32 Å². The van der Waals surface area contributed by atoms with Gasteiger partial charge in [0.05, 0.1) is 12.1 Å². The average Bonchev–Trinajstić information content (AvgIpc) is 2.66. The fourth-order valence-corrected chi connectivity index (χ4v) is 3.15. The number of ether oxygens (including phenoxy) is 2. The van der Waals surface area contributed by atoms with Crippen molar-refractivity contribution in [2.75, 3.05) is 6.54 Å². The molecule has 0 aliphatic carbocycles. The maximum Gasteiger partial charge on any atom is 0.412 e. The Morgan fingerprint density at radius 1 is 1.40 bits per heavy atom. The monoisotopic (exact) mass is 350 g/mol. The first kappa shape index (κ1) is 19.5. The number of amides is 1. The second-order valence-corrected chi connectivity index (χ2v) is 7.99. The van der Waals surface area contributed by atoms with Gasteiger partial charge in [-0.3, -0.25) is 4.90 Å². The molecule has 1 aromatic rings. The van der Waals surface area contributed by atoms with Gasteiger partial charge in [0.1, 0.15) is 17.1 Å². The highest BCUT2D eigenvalue weighted by Gasteiger charge is 2.49. The lowest BCUT2D eigenvalue weighted by atomic mass is 10.1. The van der Waals surface area contributed by atoms with Gasteiger partial charge in [0, 0.05) is 13.1 Å². The summed E-state index contributed by atoms with van der Waals surface area (Å²) < 4.78 is 11.5. The van der Waals surface area contributed by atoms with E-state index < -0.39 is 11.3 Å². The van der Waals surface area contributed by atoms with E-state index in [0.717, 1.165) is 5.56 Å². The quantitative estimate of drug-likeness (QED) is 0.872. The van der Waals surface area contributed by atoms with Crippen LogP contribution in [0.4, 0.5) is 4.79 Å². The Bertz CT molecular complexity index is 610. The molecule has 1 aliphatic heterocycles. The van der Waals surface area contributed by atoms with Gasteiger partial charge in [-0.05, 0) is 59.2 Å². The van der Waals surface area contributed by atoms with Crippen molar-refractivity contribution in [2.24, 2.45) is 0 Å². The van der Waals surface area contributed by atoms with Gasteiger partial charge in [0.2, 0.25) is 0 Å². The second kappa shape index (κ2) is 7.22. The predicted octanol–water partition coefficient (Wildman–Crippen LogP) is 3.24. The first-order valence-corrected chi connectivity index (χ1v) is 8.68. The molecule has 2 rings (SSSR count). The molecule has 6 heteroatoms. The number of nitrogens with one attached hydrogen (secondary N) is 1. The topological polar surface area (TPSA) is 71.0 Å². The number of phenolic OH excluding ortho intramolecular Hbond substituents is 1. The molecule has 25 heavy (non-hydrogen) atoms. The molecule has 1 fully saturated rings. The zero-order valence-electron chi connectivity index (χ0n) is 16.0. The SMILES string of the molecule is CC1OC(C)(C)N(C(=O)OC(C)(C)C)C1CNCc1cccc(O)c1. The van der Waals surface area contributed by atoms with E-state index in [9.17, 15) is 9.90 Å². The molecule has 0 saturated carbocycles. The molecule has 6 nitrogen and oxygen atoms in total. The van der Waals surface area contributed by atoms with E-state index in [0.29, 0.717) is 13.1 Å². The van der Waals surface area contributed by atoms with Crippen LogP contribution in [-0.2, 0) is 16.0 Å². The van der Waals surface area contributed by atoms with Gasteiger partial charge in [0.25, 0.3) is 0 Å². The van der Waals surface area contributed by atoms with Crippen LogP contribution in [0.2, 0.25) is 0 Å². The summed E-state index contributed by atoms with van der Waals surface area (Å²) in [5, 5.41) is 12.9. The lowest BCUT2D eigenvalue weighted by Crippen LogP contribution is -2.53. The van der Waals surface area contributed by atoms with Gasteiger partial charge in [-0.15, -0.1) is 0 Å². The number of rotatable bonds is 4. The first-order chi connectivity index (χ1) is 11.5. The molecule has 140 valence electrons. The molecule has 1 aliphatic rings. The number of aromatic hydroxyl groups is 1. The molecule has 2 unspecified atom stereocenters. The standard InChI is InChI=1S/C19H30N2O4/c1-13-16(12-20-11-14-8-7-9-15(22)10-14)21(19(5,6)24-13)17(23)25-18(2,3)4/h7-10,13,16,20,22H,11-12H2,1-6H3. The predicted molar refractivity (Wildman–Crippen MR) is 96.3 cm³/mol. The van der Waals surface area contributed by atoms with Crippen molar-refractivity contribution >= 4 is 6.09 Å². The average molecular weight is 350 g/mol. The number of benzene rings is 1. The minimum absolute atomic E-state index is 0.112. The zero-order chi connectivity index (χ0) is 18.8. The number of hydrogen-bond donors (Lipinski definition) is 2.